The number of carbonyl (C=O) groups is 4. The number of fused-ring (bicyclic) bond motifs is 1. The third-order valence-electron chi connectivity index (χ3n) is 10.4. The maximum absolute atomic E-state index is 14.3. The highest BCUT2D eigenvalue weighted by molar-refractivity contribution is 7.88. The summed E-state index contributed by atoms with van der Waals surface area (Å²) < 4.78 is 58.0. The molecule has 1 saturated heterocycles. The number of nitrogens with one attached hydrogen (secondary N) is 4. The summed E-state index contributed by atoms with van der Waals surface area (Å²) in [5, 5.41) is 10.8. The molecule has 13 nitrogen and oxygen atoms in total. The molecule has 1 aromatic rings. The Labute approximate surface area is 307 Å². The molecule has 1 aromatic carbocycles. The van der Waals surface area contributed by atoms with E-state index < -0.39 is 81.6 Å². The number of piperidine rings is 1. The van der Waals surface area contributed by atoms with E-state index in [1.54, 1.807) is 39.0 Å². The van der Waals surface area contributed by atoms with Gasteiger partial charge >= 0.3 is 6.03 Å². The quantitative estimate of drug-likeness (QED) is 0.214. The third kappa shape index (κ3) is 10.8. The standard InChI is InChI=1S/C36H58F2N6O7S/c1-34(2,3)25(20-43(9)52(11,49)50)41-33(48)42-29(35(4,5)6)32(47)44-19-23-27(36(23,7)8)28(44)31(46)40-24(18-26(37)38)30(45)39-16-15-21-13-12-14-22(17-21)51-10/h12-14,17,23-29H,15-16,18-20H2,1-11H3,(H,39,45)(H,40,46)(H2,41,42,48)/t23-,24-,25+,27-,28-,29+/m0/s1. The van der Waals surface area contributed by atoms with Gasteiger partial charge in [-0.25, -0.2) is 26.3 Å². The average molecular weight is 757 g/mol. The van der Waals surface area contributed by atoms with Crippen molar-refractivity contribution in [3.63, 3.8) is 0 Å². The van der Waals surface area contributed by atoms with Crippen molar-refractivity contribution in [1.29, 1.82) is 0 Å². The van der Waals surface area contributed by atoms with E-state index in [-0.39, 0.29) is 36.9 Å². The zero-order valence-corrected chi connectivity index (χ0v) is 33.1. The van der Waals surface area contributed by atoms with Crippen molar-refractivity contribution in [3.05, 3.63) is 29.8 Å². The summed E-state index contributed by atoms with van der Waals surface area (Å²) in [7, 11) is -0.587. The van der Waals surface area contributed by atoms with Crippen LogP contribution in [-0.4, -0.2) is 112 Å². The number of hydrogen-bond acceptors (Lipinski definition) is 7. The number of sulfonamides is 1. The Bertz CT molecular complexity index is 1580. The van der Waals surface area contributed by atoms with Gasteiger partial charge in [-0.3, -0.25) is 14.4 Å². The molecule has 4 N–H and O–H groups in total. The second-order valence-corrected chi connectivity index (χ2v) is 18.9. The molecule has 5 amide bonds. The number of ether oxygens (including phenoxy) is 1. The van der Waals surface area contributed by atoms with E-state index in [9.17, 15) is 36.4 Å². The van der Waals surface area contributed by atoms with E-state index in [2.05, 4.69) is 21.3 Å². The molecule has 2 fully saturated rings. The van der Waals surface area contributed by atoms with E-state index in [1.807, 2.05) is 40.7 Å². The number of benzene rings is 1. The van der Waals surface area contributed by atoms with Crippen LogP contribution in [0.15, 0.2) is 24.3 Å². The van der Waals surface area contributed by atoms with E-state index in [4.69, 9.17) is 4.74 Å². The number of alkyl halides is 2. The SMILES string of the molecule is COc1cccc(CCNC(=O)[C@H](CC(F)F)NC(=O)[C@@H]2[C@@H]3[C@H](CN2C(=O)[C@@H](NC(=O)N[C@H](CN(C)S(C)(=O)=O)C(C)(C)C)C(C)(C)C)C3(C)C)c1. The maximum atomic E-state index is 14.3. The van der Waals surface area contributed by atoms with Gasteiger partial charge in [0.15, 0.2) is 0 Å². The van der Waals surface area contributed by atoms with Crippen LogP contribution < -0.4 is 26.0 Å². The molecule has 6 atom stereocenters. The molecule has 3 rings (SSSR count). The Kier molecular flexibility index (Phi) is 13.4. The monoisotopic (exact) mass is 756 g/mol. The first-order chi connectivity index (χ1) is 23.8. The van der Waals surface area contributed by atoms with Crippen molar-refractivity contribution in [2.24, 2.45) is 28.1 Å². The fourth-order valence-electron chi connectivity index (χ4n) is 6.84. The topological polar surface area (TPSA) is 166 Å². The smallest absolute Gasteiger partial charge is 0.315 e. The first-order valence-electron chi connectivity index (χ1n) is 17.6. The molecule has 1 aliphatic heterocycles. The normalized spacial score (nSPS) is 21.5. The zero-order valence-electron chi connectivity index (χ0n) is 32.3. The highest BCUT2D eigenvalue weighted by Gasteiger charge is 2.70. The van der Waals surface area contributed by atoms with Crippen molar-refractivity contribution in [3.8, 4) is 5.75 Å². The number of hydrogen-bond donors (Lipinski definition) is 4. The summed E-state index contributed by atoms with van der Waals surface area (Å²) in [5.41, 5.74) is -0.844. The van der Waals surface area contributed by atoms with Crippen LogP contribution in [0.4, 0.5) is 13.6 Å². The summed E-state index contributed by atoms with van der Waals surface area (Å²) in [6, 6.07) is 2.18. The molecule has 1 heterocycles. The number of amides is 5. The third-order valence-corrected chi connectivity index (χ3v) is 11.7. The lowest BCUT2D eigenvalue weighted by Gasteiger charge is -2.39. The minimum absolute atomic E-state index is 0.00887. The van der Waals surface area contributed by atoms with Crippen LogP contribution in [0, 0.1) is 28.1 Å². The van der Waals surface area contributed by atoms with Crippen LogP contribution in [0.1, 0.15) is 67.4 Å². The number of urea groups is 1. The fourth-order valence-corrected chi connectivity index (χ4v) is 7.26. The van der Waals surface area contributed by atoms with Crippen LogP contribution in [0.25, 0.3) is 0 Å². The Balaban J connectivity index is 1.79. The molecule has 0 bridgehead atoms. The molecule has 0 aromatic heterocycles. The van der Waals surface area contributed by atoms with Gasteiger partial charge < -0.3 is 30.9 Å². The van der Waals surface area contributed by atoms with Crippen LogP contribution in [0.2, 0.25) is 0 Å². The molecule has 2 aliphatic rings. The van der Waals surface area contributed by atoms with Gasteiger partial charge in [-0.2, -0.15) is 0 Å². The molecule has 16 heteroatoms. The van der Waals surface area contributed by atoms with Gasteiger partial charge in [-0.05, 0) is 52.2 Å². The van der Waals surface area contributed by atoms with Gasteiger partial charge in [0.05, 0.1) is 13.4 Å². The molecular weight excluding hydrogens is 698 g/mol. The molecule has 1 saturated carbocycles. The largest absolute Gasteiger partial charge is 0.497 e. The summed E-state index contributed by atoms with van der Waals surface area (Å²) in [6.07, 6.45) is -2.32. The fraction of sp³-hybridized carbons (Fsp3) is 0.722. The molecule has 52 heavy (non-hydrogen) atoms. The van der Waals surface area contributed by atoms with Gasteiger partial charge in [0, 0.05) is 39.1 Å². The van der Waals surface area contributed by atoms with Crippen LogP contribution >= 0.6 is 0 Å². The number of rotatable bonds is 15. The Morgan fingerprint density at radius 3 is 2.21 bits per heavy atom. The minimum atomic E-state index is -3.54. The zero-order chi connectivity index (χ0) is 39.6. The molecule has 0 radical (unpaired) electrons. The lowest BCUT2D eigenvalue weighted by Crippen LogP contribution is -2.62. The van der Waals surface area contributed by atoms with Gasteiger partial charge in [0.2, 0.25) is 34.2 Å². The van der Waals surface area contributed by atoms with Crippen molar-refractivity contribution < 1.29 is 41.1 Å². The van der Waals surface area contributed by atoms with E-state index in [0.717, 1.165) is 16.1 Å². The van der Waals surface area contributed by atoms with Crippen molar-refractivity contribution in [1.82, 2.24) is 30.5 Å². The van der Waals surface area contributed by atoms with Crippen molar-refractivity contribution in [2.45, 2.75) is 98.8 Å². The second-order valence-electron chi connectivity index (χ2n) is 16.8. The summed E-state index contributed by atoms with van der Waals surface area (Å²) in [5.74, 6) is -1.71. The number of likely N-dealkylation sites (tertiary alicyclic amines) is 1. The lowest BCUT2D eigenvalue weighted by atomic mass is 9.85. The van der Waals surface area contributed by atoms with E-state index >= 15 is 0 Å². The second kappa shape index (κ2) is 16.2. The number of methoxy groups -OCH3 is 1. The number of nitrogens with zero attached hydrogens (tertiary/aromatic N) is 2. The van der Waals surface area contributed by atoms with E-state index in [1.165, 1.54) is 19.1 Å². The molecular formula is C36H58F2N6O7S. The number of halogens is 2. The Morgan fingerprint density at radius 1 is 1.04 bits per heavy atom. The van der Waals surface area contributed by atoms with E-state index in [0.29, 0.717) is 12.2 Å². The first-order valence-corrected chi connectivity index (χ1v) is 19.4. The van der Waals surface area contributed by atoms with Gasteiger partial charge in [-0.15, -0.1) is 0 Å². The summed E-state index contributed by atoms with van der Waals surface area (Å²) in [6.45, 7) is 15.1. The Hall–Kier alpha value is -3.53. The molecule has 1 aliphatic carbocycles. The average Bonchev–Trinajstić information content (AvgIpc) is 3.31. The summed E-state index contributed by atoms with van der Waals surface area (Å²) >= 11 is 0. The Morgan fingerprint density at radius 2 is 1.67 bits per heavy atom. The highest BCUT2D eigenvalue weighted by Crippen LogP contribution is 2.65. The summed E-state index contributed by atoms with van der Waals surface area (Å²) in [4.78, 5) is 56.3. The van der Waals surface area contributed by atoms with Crippen LogP contribution in [0.5, 0.6) is 5.75 Å². The van der Waals surface area contributed by atoms with Crippen molar-refractivity contribution >= 4 is 33.8 Å². The maximum Gasteiger partial charge on any atom is 0.315 e. The molecule has 0 spiro atoms. The van der Waals surface area contributed by atoms with Gasteiger partial charge in [-0.1, -0.05) is 67.5 Å². The minimum Gasteiger partial charge on any atom is -0.497 e. The first kappa shape index (κ1) is 42.9. The van der Waals surface area contributed by atoms with Crippen LogP contribution in [-0.2, 0) is 30.8 Å². The van der Waals surface area contributed by atoms with Crippen LogP contribution in [0.3, 0.4) is 0 Å². The van der Waals surface area contributed by atoms with Crippen molar-refractivity contribution in [2.75, 3.05) is 40.0 Å². The predicted octanol–water partition coefficient (Wildman–Crippen LogP) is 3.00. The predicted molar refractivity (Wildman–Crippen MR) is 194 cm³/mol. The van der Waals surface area contributed by atoms with Gasteiger partial charge in [0.1, 0.15) is 23.9 Å². The number of carbonyl (C=O) groups excluding carboxylic acids is 4. The molecule has 0 unspecified atom stereocenters. The lowest BCUT2D eigenvalue weighted by molar-refractivity contribution is -0.144. The molecule has 294 valence electrons. The highest BCUT2D eigenvalue weighted by atomic mass is 32.2. The van der Waals surface area contributed by atoms with Gasteiger partial charge in [0.25, 0.3) is 0 Å². The number of likely N-dealkylation sites (N-methyl/N-ethyl adjacent to an activating group) is 1.